The number of nitro benzene ring substituents is 1. The lowest BCUT2D eigenvalue weighted by atomic mass is 10.1. The SMILES string of the molecule is O=[N+]([O-])c1c(Oc2cncc(Br)c2)ccc2ncccc12. The van der Waals surface area contributed by atoms with Crippen LogP contribution in [-0.2, 0) is 0 Å². The Kier molecular flexibility index (Phi) is 3.49. The molecule has 0 atom stereocenters. The van der Waals surface area contributed by atoms with Crippen LogP contribution in [0, 0.1) is 10.1 Å². The third kappa shape index (κ3) is 2.68. The molecule has 2 heterocycles. The van der Waals surface area contributed by atoms with E-state index in [1.54, 1.807) is 36.7 Å². The smallest absolute Gasteiger partial charge is 0.320 e. The molecule has 0 aliphatic heterocycles. The van der Waals surface area contributed by atoms with Gasteiger partial charge in [0.2, 0.25) is 5.75 Å². The predicted octanol–water partition coefficient (Wildman–Crippen LogP) is 4.09. The van der Waals surface area contributed by atoms with Crippen molar-refractivity contribution < 1.29 is 9.66 Å². The fourth-order valence-corrected chi connectivity index (χ4v) is 2.31. The van der Waals surface area contributed by atoms with E-state index in [1.165, 1.54) is 12.3 Å². The second kappa shape index (κ2) is 5.45. The molecule has 7 heteroatoms. The van der Waals surface area contributed by atoms with Gasteiger partial charge in [0.1, 0.15) is 5.75 Å². The average molecular weight is 346 g/mol. The molecule has 0 amide bonds. The van der Waals surface area contributed by atoms with E-state index in [0.717, 1.165) is 4.47 Å². The Balaban J connectivity index is 2.14. The number of hydrogen-bond donors (Lipinski definition) is 0. The van der Waals surface area contributed by atoms with Crippen LogP contribution in [0.4, 0.5) is 5.69 Å². The van der Waals surface area contributed by atoms with Gasteiger partial charge in [-0.1, -0.05) is 0 Å². The molecule has 0 saturated heterocycles. The molecule has 2 aromatic heterocycles. The zero-order chi connectivity index (χ0) is 14.8. The summed E-state index contributed by atoms with van der Waals surface area (Å²) >= 11 is 3.28. The van der Waals surface area contributed by atoms with Gasteiger partial charge in [0.05, 0.1) is 22.0 Å². The van der Waals surface area contributed by atoms with Crippen LogP contribution in [0.3, 0.4) is 0 Å². The van der Waals surface area contributed by atoms with Gasteiger partial charge in [0.25, 0.3) is 0 Å². The van der Waals surface area contributed by atoms with Crippen LogP contribution in [0.2, 0.25) is 0 Å². The largest absolute Gasteiger partial charge is 0.448 e. The first-order valence-corrected chi connectivity index (χ1v) is 6.75. The van der Waals surface area contributed by atoms with Crippen molar-refractivity contribution in [3.05, 3.63) is 63.5 Å². The van der Waals surface area contributed by atoms with Crippen molar-refractivity contribution in [2.45, 2.75) is 0 Å². The third-order valence-corrected chi connectivity index (χ3v) is 3.24. The Bertz CT molecular complexity index is 839. The van der Waals surface area contributed by atoms with Crippen molar-refractivity contribution in [3.63, 3.8) is 0 Å². The summed E-state index contributed by atoms with van der Waals surface area (Å²) in [7, 11) is 0. The minimum atomic E-state index is -0.468. The zero-order valence-corrected chi connectivity index (χ0v) is 12.1. The fraction of sp³-hybridized carbons (Fsp3) is 0. The van der Waals surface area contributed by atoms with Crippen molar-refractivity contribution >= 4 is 32.5 Å². The van der Waals surface area contributed by atoms with Crippen LogP contribution in [0.25, 0.3) is 10.9 Å². The van der Waals surface area contributed by atoms with E-state index in [9.17, 15) is 10.1 Å². The zero-order valence-electron chi connectivity index (χ0n) is 10.6. The molecule has 1 aromatic carbocycles. The first kappa shape index (κ1) is 13.4. The highest BCUT2D eigenvalue weighted by Gasteiger charge is 2.20. The number of nitro groups is 1. The average Bonchev–Trinajstić information content (AvgIpc) is 2.46. The van der Waals surface area contributed by atoms with Gasteiger partial charge in [0, 0.05) is 16.9 Å². The second-order valence-electron chi connectivity index (χ2n) is 4.18. The lowest BCUT2D eigenvalue weighted by Crippen LogP contribution is -1.95. The van der Waals surface area contributed by atoms with Crippen molar-refractivity contribution in [1.82, 2.24) is 9.97 Å². The normalized spacial score (nSPS) is 10.5. The van der Waals surface area contributed by atoms with E-state index in [0.29, 0.717) is 16.7 Å². The van der Waals surface area contributed by atoms with Crippen LogP contribution >= 0.6 is 15.9 Å². The molecule has 6 nitrogen and oxygen atoms in total. The standard InChI is InChI=1S/C14H8BrN3O3/c15-9-6-10(8-16-7-9)21-13-4-3-12-11(2-1-5-17-12)14(13)18(19)20/h1-8H. The van der Waals surface area contributed by atoms with Gasteiger partial charge in [-0.05, 0) is 46.3 Å². The van der Waals surface area contributed by atoms with Gasteiger partial charge >= 0.3 is 5.69 Å². The van der Waals surface area contributed by atoms with E-state index in [-0.39, 0.29) is 11.4 Å². The van der Waals surface area contributed by atoms with Crippen molar-refractivity contribution in [2.75, 3.05) is 0 Å². The number of aromatic nitrogens is 2. The summed E-state index contributed by atoms with van der Waals surface area (Å²) in [6.45, 7) is 0. The van der Waals surface area contributed by atoms with Crippen molar-refractivity contribution in [2.24, 2.45) is 0 Å². The van der Waals surface area contributed by atoms with Crippen molar-refractivity contribution in [3.8, 4) is 11.5 Å². The number of hydrogen-bond acceptors (Lipinski definition) is 5. The van der Waals surface area contributed by atoms with Crippen LogP contribution in [0.5, 0.6) is 11.5 Å². The maximum absolute atomic E-state index is 11.4. The molecule has 3 aromatic rings. The molecule has 0 spiro atoms. The third-order valence-electron chi connectivity index (χ3n) is 2.81. The molecular weight excluding hydrogens is 338 g/mol. The summed E-state index contributed by atoms with van der Waals surface area (Å²) in [6.07, 6.45) is 4.68. The lowest BCUT2D eigenvalue weighted by Gasteiger charge is -2.08. The van der Waals surface area contributed by atoms with Crippen LogP contribution < -0.4 is 4.74 Å². The highest BCUT2D eigenvalue weighted by atomic mass is 79.9. The molecule has 104 valence electrons. The molecule has 0 aliphatic carbocycles. The van der Waals surface area contributed by atoms with E-state index >= 15 is 0 Å². The Labute approximate surface area is 127 Å². The Morgan fingerprint density at radius 3 is 2.86 bits per heavy atom. The molecule has 0 aliphatic rings. The maximum atomic E-state index is 11.4. The minimum absolute atomic E-state index is 0.111. The van der Waals surface area contributed by atoms with Gasteiger partial charge in [-0.25, -0.2) is 0 Å². The molecule has 0 N–H and O–H groups in total. The number of benzene rings is 1. The summed E-state index contributed by atoms with van der Waals surface area (Å²) in [6, 6.07) is 8.20. The first-order valence-electron chi connectivity index (χ1n) is 5.95. The quantitative estimate of drug-likeness (QED) is 0.527. The topological polar surface area (TPSA) is 78.2 Å². The number of rotatable bonds is 3. The number of fused-ring (bicyclic) bond motifs is 1. The number of ether oxygens (including phenoxy) is 1. The van der Waals surface area contributed by atoms with Crippen molar-refractivity contribution in [1.29, 1.82) is 0 Å². The van der Waals surface area contributed by atoms with E-state index in [2.05, 4.69) is 25.9 Å². The Morgan fingerprint density at radius 2 is 2.10 bits per heavy atom. The van der Waals surface area contributed by atoms with E-state index in [1.807, 2.05) is 0 Å². The second-order valence-corrected chi connectivity index (χ2v) is 5.10. The predicted molar refractivity (Wildman–Crippen MR) is 80.4 cm³/mol. The Hall–Kier alpha value is -2.54. The van der Waals surface area contributed by atoms with E-state index in [4.69, 9.17) is 4.74 Å². The van der Waals surface area contributed by atoms with Gasteiger partial charge in [-0.3, -0.25) is 20.1 Å². The fourth-order valence-electron chi connectivity index (χ4n) is 1.96. The van der Waals surface area contributed by atoms with Gasteiger partial charge < -0.3 is 4.74 Å². The summed E-state index contributed by atoms with van der Waals surface area (Å²) in [5, 5.41) is 11.8. The van der Waals surface area contributed by atoms with Gasteiger partial charge in [0.15, 0.2) is 0 Å². The van der Waals surface area contributed by atoms with Crippen LogP contribution in [-0.4, -0.2) is 14.9 Å². The molecule has 21 heavy (non-hydrogen) atoms. The molecule has 0 fully saturated rings. The molecule has 0 radical (unpaired) electrons. The molecule has 0 bridgehead atoms. The molecule has 3 rings (SSSR count). The van der Waals surface area contributed by atoms with E-state index < -0.39 is 4.92 Å². The molecular formula is C14H8BrN3O3. The summed E-state index contributed by atoms with van der Waals surface area (Å²) < 4.78 is 6.32. The number of pyridine rings is 2. The lowest BCUT2D eigenvalue weighted by molar-refractivity contribution is -0.383. The number of halogens is 1. The summed E-state index contributed by atoms with van der Waals surface area (Å²) in [4.78, 5) is 19.0. The van der Waals surface area contributed by atoms with Gasteiger partial charge in [-0.2, -0.15) is 0 Å². The first-order chi connectivity index (χ1) is 10.1. The summed E-state index contributed by atoms with van der Waals surface area (Å²) in [5.74, 6) is 0.566. The highest BCUT2D eigenvalue weighted by Crippen LogP contribution is 2.37. The minimum Gasteiger partial charge on any atom is -0.448 e. The Morgan fingerprint density at radius 1 is 1.24 bits per heavy atom. The monoisotopic (exact) mass is 345 g/mol. The van der Waals surface area contributed by atoms with Crippen LogP contribution in [0.1, 0.15) is 0 Å². The van der Waals surface area contributed by atoms with Gasteiger partial charge in [-0.15, -0.1) is 0 Å². The molecule has 0 unspecified atom stereocenters. The highest BCUT2D eigenvalue weighted by molar-refractivity contribution is 9.10. The number of nitrogens with zero attached hydrogens (tertiary/aromatic N) is 3. The summed E-state index contributed by atoms with van der Waals surface area (Å²) in [5.41, 5.74) is 0.435. The van der Waals surface area contributed by atoms with Crippen LogP contribution in [0.15, 0.2) is 53.4 Å². The maximum Gasteiger partial charge on any atom is 0.320 e. The molecule has 0 saturated carbocycles.